The van der Waals surface area contributed by atoms with Crippen molar-refractivity contribution in [2.24, 2.45) is 0 Å². The molecule has 1 fully saturated rings. The SMILES string of the molecule is COC(=O)C1(NC(=O)/C=C/c2ccc([N+](=O)[O-])cc2)CCCCC1. The first kappa shape index (κ1) is 17.7. The molecule has 0 saturated heterocycles. The second-order valence-corrected chi connectivity index (χ2v) is 5.81. The summed E-state index contributed by atoms with van der Waals surface area (Å²) in [6, 6.07) is 5.85. The van der Waals surface area contributed by atoms with Gasteiger partial charge in [0.25, 0.3) is 5.69 Å². The maximum Gasteiger partial charge on any atom is 0.331 e. The van der Waals surface area contributed by atoms with Crippen molar-refractivity contribution in [3.8, 4) is 0 Å². The number of carbonyl (C=O) groups excluding carboxylic acids is 2. The molecule has 1 saturated carbocycles. The van der Waals surface area contributed by atoms with Crippen molar-refractivity contribution >= 4 is 23.6 Å². The van der Waals surface area contributed by atoms with Gasteiger partial charge in [0.1, 0.15) is 5.54 Å². The van der Waals surface area contributed by atoms with E-state index in [1.54, 1.807) is 18.2 Å². The highest BCUT2D eigenvalue weighted by molar-refractivity contribution is 5.96. The quantitative estimate of drug-likeness (QED) is 0.387. The van der Waals surface area contributed by atoms with E-state index < -0.39 is 16.4 Å². The molecule has 0 aromatic heterocycles. The molecule has 24 heavy (non-hydrogen) atoms. The van der Waals surface area contributed by atoms with E-state index in [2.05, 4.69) is 5.32 Å². The van der Waals surface area contributed by atoms with E-state index in [4.69, 9.17) is 4.74 Å². The summed E-state index contributed by atoms with van der Waals surface area (Å²) in [5, 5.41) is 13.4. The summed E-state index contributed by atoms with van der Waals surface area (Å²) in [5.74, 6) is -0.806. The molecule has 1 N–H and O–H groups in total. The molecule has 0 atom stereocenters. The van der Waals surface area contributed by atoms with E-state index in [1.807, 2.05) is 0 Å². The number of esters is 1. The average molecular weight is 332 g/mol. The summed E-state index contributed by atoms with van der Waals surface area (Å²) >= 11 is 0. The monoisotopic (exact) mass is 332 g/mol. The van der Waals surface area contributed by atoms with Crippen LogP contribution >= 0.6 is 0 Å². The summed E-state index contributed by atoms with van der Waals surface area (Å²) in [5.41, 5.74) is -0.306. The molecule has 128 valence electrons. The van der Waals surface area contributed by atoms with Crippen LogP contribution in [0.5, 0.6) is 0 Å². The van der Waals surface area contributed by atoms with Gasteiger partial charge in [0, 0.05) is 18.2 Å². The Bertz CT molecular complexity index is 645. The lowest BCUT2D eigenvalue weighted by Crippen LogP contribution is -2.55. The lowest BCUT2D eigenvalue weighted by Gasteiger charge is -2.34. The van der Waals surface area contributed by atoms with Crippen LogP contribution in [0.4, 0.5) is 5.69 Å². The Kier molecular flexibility index (Phi) is 5.68. The number of benzene rings is 1. The molecule has 1 amide bonds. The number of hydrogen-bond acceptors (Lipinski definition) is 5. The van der Waals surface area contributed by atoms with E-state index in [-0.39, 0.29) is 11.6 Å². The van der Waals surface area contributed by atoms with Crippen molar-refractivity contribution in [3.63, 3.8) is 0 Å². The minimum absolute atomic E-state index is 0.0107. The fourth-order valence-electron chi connectivity index (χ4n) is 2.89. The van der Waals surface area contributed by atoms with Crippen molar-refractivity contribution < 1.29 is 19.2 Å². The average Bonchev–Trinajstić information content (AvgIpc) is 2.60. The van der Waals surface area contributed by atoms with Gasteiger partial charge in [0.05, 0.1) is 12.0 Å². The highest BCUT2D eigenvalue weighted by Crippen LogP contribution is 2.29. The Balaban J connectivity index is 2.04. The normalized spacial score (nSPS) is 16.5. The maximum atomic E-state index is 12.2. The summed E-state index contributed by atoms with van der Waals surface area (Å²) in [4.78, 5) is 34.4. The third-order valence-corrected chi connectivity index (χ3v) is 4.18. The molecule has 7 heteroatoms. The van der Waals surface area contributed by atoms with Crippen molar-refractivity contribution in [1.29, 1.82) is 0 Å². The van der Waals surface area contributed by atoms with Gasteiger partial charge in [-0.3, -0.25) is 14.9 Å². The highest BCUT2D eigenvalue weighted by Gasteiger charge is 2.41. The van der Waals surface area contributed by atoms with Crippen molar-refractivity contribution in [3.05, 3.63) is 46.0 Å². The van der Waals surface area contributed by atoms with Gasteiger partial charge in [-0.2, -0.15) is 0 Å². The number of amides is 1. The van der Waals surface area contributed by atoms with Crippen LogP contribution in [-0.2, 0) is 14.3 Å². The van der Waals surface area contributed by atoms with Crippen molar-refractivity contribution in [2.75, 3.05) is 7.11 Å². The first-order valence-corrected chi connectivity index (χ1v) is 7.80. The predicted octanol–water partition coefficient (Wildman–Crippen LogP) is 2.60. The molecular weight excluding hydrogens is 312 g/mol. The Hall–Kier alpha value is -2.70. The molecule has 0 spiro atoms. The molecule has 0 heterocycles. The zero-order valence-electron chi connectivity index (χ0n) is 13.5. The molecule has 0 radical (unpaired) electrons. The molecule has 0 bridgehead atoms. The highest BCUT2D eigenvalue weighted by atomic mass is 16.6. The Morgan fingerprint density at radius 1 is 1.21 bits per heavy atom. The fraction of sp³-hybridized carbons (Fsp3) is 0.412. The number of hydrogen-bond donors (Lipinski definition) is 1. The van der Waals surface area contributed by atoms with Crippen LogP contribution in [0.25, 0.3) is 6.08 Å². The Morgan fingerprint density at radius 2 is 1.83 bits per heavy atom. The zero-order chi connectivity index (χ0) is 17.6. The number of nitrogens with one attached hydrogen (secondary N) is 1. The van der Waals surface area contributed by atoms with Gasteiger partial charge in [-0.05, 0) is 36.6 Å². The number of nitro benzene ring substituents is 1. The van der Waals surface area contributed by atoms with Crippen molar-refractivity contribution in [2.45, 2.75) is 37.6 Å². The third kappa shape index (κ3) is 4.18. The van der Waals surface area contributed by atoms with Crippen LogP contribution in [0.1, 0.15) is 37.7 Å². The molecule has 1 aliphatic rings. The number of nitrogens with zero attached hydrogens (tertiary/aromatic N) is 1. The van der Waals surface area contributed by atoms with Crippen LogP contribution in [0, 0.1) is 10.1 Å². The smallest absolute Gasteiger partial charge is 0.331 e. The third-order valence-electron chi connectivity index (χ3n) is 4.18. The van der Waals surface area contributed by atoms with Gasteiger partial charge in [0.15, 0.2) is 0 Å². The second-order valence-electron chi connectivity index (χ2n) is 5.81. The number of methoxy groups -OCH3 is 1. The summed E-state index contributed by atoms with van der Waals surface area (Å²) < 4.78 is 4.85. The minimum atomic E-state index is -0.954. The summed E-state index contributed by atoms with van der Waals surface area (Å²) in [7, 11) is 1.32. The predicted molar refractivity (Wildman–Crippen MR) is 88.1 cm³/mol. The van der Waals surface area contributed by atoms with Crippen LogP contribution in [-0.4, -0.2) is 29.4 Å². The molecule has 7 nitrogen and oxygen atoms in total. The van der Waals surface area contributed by atoms with Gasteiger partial charge < -0.3 is 10.1 Å². The van der Waals surface area contributed by atoms with Gasteiger partial charge in [0.2, 0.25) is 5.91 Å². The molecule has 1 aromatic rings. The van der Waals surface area contributed by atoms with Crippen LogP contribution in [0.2, 0.25) is 0 Å². The minimum Gasteiger partial charge on any atom is -0.467 e. The van der Waals surface area contributed by atoms with E-state index >= 15 is 0 Å². The van der Waals surface area contributed by atoms with Crippen molar-refractivity contribution in [1.82, 2.24) is 5.32 Å². The molecule has 0 unspecified atom stereocenters. The fourth-order valence-corrected chi connectivity index (χ4v) is 2.89. The van der Waals surface area contributed by atoms with Gasteiger partial charge in [-0.1, -0.05) is 19.3 Å². The lowest BCUT2D eigenvalue weighted by atomic mass is 9.81. The molecule has 1 aliphatic carbocycles. The zero-order valence-corrected chi connectivity index (χ0v) is 13.5. The summed E-state index contributed by atoms with van der Waals surface area (Å²) in [6.45, 7) is 0. The Labute approximate surface area is 139 Å². The first-order chi connectivity index (χ1) is 11.5. The molecular formula is C17H20N2O5. The Morgan fingerprint density at radius 3 is 2.38 bits per heavy atom. The van der Waals surface area contributed by atoms with Crippen LogP contribution in [0.15, 0.2) is 30.3 Å². The molecule has 0 aliphatic heterocycles. The van der Waals surface area contributed by atoms with Crippen LogP contribution in [0.3, 0.4) is 0 Å². The number of non-ortho nitro benzene ring substituents is 1. The molecule has 1 aromatic carbocycles. The maximum absolute atomic E-state index is 12.2. The largest absolute Gasteiger partial charge is 0.467 e. The van der Waals surface area contributed by atoms with E-state index in [0.29, 0.717) is 18.4 Å². The van der Waals surface area contributed by atoms with Gasteiger partial charge in [-0.25, -0.2) is 4.79 Å². The number of nitro groups is 1. The molecule has 2 rings (SSSR count). The van der Waals surface area contributed by atoms with Gasteiger partial charge >= 0.3 is 5.97 Å². The van der Waals surface area contributed by atoms with E-state index in [9.17, 15) is 19.7 Å². The van der Waals surface area contributed by atoms with E-state index in [1.165, 1.54) is 25.3 Å². The van der Waals surface area contributed by atoms with Crippen LogP contribution < -0.4 is 5.32 Å². The first-order valence-electron chi connectivity index (χ1n) is 7.80. The number of ether oxygens (including phenoxy) is 1. The topological polar surface area (TPSA) is 98.5 Å². The number of carbonyl (C=O) groups is 2. The van der Waals surface area contributed by atoms with Gasteiger partial charge in [-0.15, -0.1) is 0 Å². The standard InChI is InChI=1S/C17H20N2O5/c1-24-16(21)17(11-3-2-4-12-17)18-15(20)10-7-13-5-8-14(9-6-13)19(22)23/h5-10H,2-4,11-12H2,1H3,(H,18,20)/b10-7+. The van der Waals surface area contributed by atoms with E-state index in [0.717, 1.165) is 19.3 Å². The summed E-state index contributed by atoms with van der Waals surface area (Å²) in [6.07, 6.45) is 6.76. The second kappa shape index (κ2) is 7.72. The lowest BCUT2D eigenvalue weighted by molar-refractivity contribution is -0.384. The number of rotatable bonds is 5.